The van der Waals surface area contributed by atoms with Gasteiger partial charge in [0.25, 0.3) is 0 Å². The molecule has 0 aliphatic carbocycles. The molecule has 2 aliphatic rings. The maximum absolute atomic E-state index is 11.9. The summed E-state index contributed by atoms with van der Waals surface area (Å²) < 4.78 is 4.75. The topological polar surface area (TPSA) is 100 Å². The van der Waals surface area contributed by atoms with E-state index < -0.39 is 0 Å². The monoisotopic (exact) mass is 363 g/mol. The summed E-state index contributed by atoms with van der Waals surface area (Å²) in [7, 11) is 0. The molecule has 0 bridgehead atoms. The first-order valence-electron chi connectivity index (χ1n) is 8.66. The molecule has 0 atom stereocenters. The predicted octanol–water partition coefficient (Wildman–Crippen LogP) is 0.990. The Hall–Kier alpha value is -2.10. The molecule has 2 fully saturated rings. The van der Waals surface area contributed by atoms with Crippen molar-refractivity contribution in [2.75, 3.05) is 54.4 Å². The van der Waals surface area contributed by atoms with Crippen molar-refractivity contribution in [1.29, 1.82) is 0 Å². The number of thioether (sulfide) groups is 1. The van der Waals surface area contributed by atoms with Gasteiger partial charge in [-0.05, 0) is 23.2 Å². The lowest BCUT2D eigenvalue weighted by atomic mass is 10.1. The van der Waals surface area contributed by atoms with E-state index in [-0.39, 0.29) is 5.91 Å². The van der Waals surface area contributed by atoms with Crippen LogP contribution in [0.4, 0.5) is 11.6 Å². The smallest absolute Gasteiger partial charge is 0.245 e. The molecule has 2 aromatic heterocycles. The molecule has 4 rings (SSSR count). The minimum absolute atomic E-state index is 0.239. The molecule has 0 unspecified atom stereocenters. The van der Waals surface area contributed by atoms with Gasteiger partial charge in [0, 0.05) is 50.7 Å². The maximum atomic E-state index is 11.9. The average molecular weight is 363 g/mol. The summed E-state index contributed by atoms with van der Waals surface area (Å²) in [6, 6.07) is 0. The molecule has 134 valence electrons. The minimum Gasteiger partial charge on any atom is -0.365 e. The fraction of sp³-hybridized carbons (Fsp3) is 0.667. The Bertz CT molecular complexity index is 747. The number of piperidine rings is 1. The van der Waals surface area contributed by atoms with Gasteiger partial charge in [-0.15, -0.1) is 0 Å². The molecular formula is C15H21N7O2S. The summed E-state index contributed by atoms with van der Waals surface area (Å²) in [5, 5.41) is 10.9. The molecule has 2 saturated heterocycles. The van der Waals surface area contributed by atoms with Crippen LogP contribution >= 0.6 is 11.8 Å². The number of hydrogen-bond donors (Lipinski definition) is 1. The Balaban J connectivity index is 1.49. The molecule has 0 spiro atoms. The lowest BCUT2D eigenvalue weighted by Crippen LogP contribution is -2.38. The summed E-state index contributed by atoms with van der Waals surface area (Å²) in [6.07, 6.45) is 2.74. The highest BCUT2D eigenvalue weighted by Crippen LogP contribution is 2.26. The second-order valence-corrected chi connectivity index (χ2v) is 7.40. The zero-order valence-electron chi connectivity index (χ0n) is 14.0. The van der Waals surface area contributed by atoms with Crippen molar-refractivity contribution < 1.29 is 9.42 Å². The van der Waals surface area contributed by atoms with Gasteiger partial charge in [0.15, 0.2) is 11.6 Å². The molecule has 0 saturated carbocycles. The van der Waals surface area contributed by atoms with Crippen molar-refractivity contribution in [2.24, 2.45) is 0 Å². The van der Waals surface area contributed by atoms with Gasteiger partial charge in [-0.25, -0.2) is 14.6 Å². The Labute approximate surface area is 149 Å². The zero-order chi connectivity index (χ0) is 17.1. The summed E-state index contributed by atoms with van der Waals surface area (Å²) >= 11 is 1.94. The van der Waals surface area contributed by atoms with Crippen LogP contribution in [-0.4, -0.2) is 75.3 Å². The van der Waals surface area contributed by atoms with E-state index in [0.29, 0.717) is 36.6 Å². The van der Waals surface area contributed by atoms with Gasteiger partial charge in [-0.2, -0.15) is 11.8 Å². The number of hydrogen-bond acceptors (Lipinski definition) is 9. The number of nitrogens with one attached hydrogen (secondary N) is 1. The van der Waals surface area contributed by atoms with Crippen LogP contribution < -0.4 is 10.2 Å². The molecule has 1 amide bonds. The van der Waals surface area contributed by atoms with E-state index in [9.17, 15) is 4.79 Å². The van der Waals surface area contributed by atoms with Crippen LogP contribution in [0.1, 0.15) is 19.3 Å². The second-order valence-electron chi connectivity index (χ2n) is 6.17. The van der Waals surface area contributed by atoms with Gasteiger partial charge in [0.2, 0.25) is 17.2 Å². The van der Waals surface area contributed by atoms with Crippen LogP contribution in [0.25, 0.3) is 11.3 Å². The maximum Gasteiger partial charge on any atom is 0.245 e. The summed E-state index contributed by atoms with van der Waals surface area (Å²) in [5.41, 5.74) is 0.816. The van der Waals surface area contributed by atoms with Gasteiger partial charge in [0.1, 0.15) is 0 Å². The van der Waals surface area contributed by atoms with Crippen LogP contribution in [0, 0.1) is 0 Å². The van der Waals surface area contributed by atoms with Gasteiger partial charge in [-0.3, -0.25) is 4.79 Å². The lowest BCUT2D eigenvalue weighted by molar-refractivity contribution is -0.133. The van der Waals surface area contributed by atoms with Crippen molar-refractivity contribution in [2.45, 2.75) is 19.3 Å². The first kappa shape index (κ1) is 16.4. The summed E-state index contributed by atoms with van der Waals surface area (Å²) in [5.74, 6) is 3.84. The Morgan fingerprint density at radius 2 is 1.88 bits per heavy atom. The van der Waals surface area contributed by atoms with Crippen molar-refractivity contribution >= 4 is 40.6 Å². The van der Waals surface area contributed by atoms with Gasteiger partial charge in [0.05, 0.1) is 0 Å². The van der Waals surface area contributed by atoms with Crippen molar-refractivity contribution in [1.82, 2.24) is 25.2 Å². The molecule has 25 heavy (non-hydrogen) atoms. The third-order valence-corrected chi connectivity index (χ3v) is 5.44. The van der Waals surface area contributed by atoms with Gasteiger partial charge in [-0.1, -0.05) is 0 Å². The molecule has 10 heteroatoms. The highest BCUT2D eigenvalue weighted by Gasteiger charge is 2.21. The predicted molar refractivity (Wildman–Crippen MR) is 95.9 cm³/mol. The molecule has 1 N–H and O–H groups in total. The number of carbonyl (C=O) groups is 1. The highest BCUT2D eigenvalue weighted by atomic mass is 32.2. The van der Waals surface area contributed by atoms with Gasteiger partial charge >= 0.3 is 0 Å². The molecule has 0 radical (unpaired) electrons. The summed E-state index contributed by atoms with van der Waals surface area (Å²) in [6.45, 7) is 4.00. The number of carbonyl (C=O) groups excluding carboxylic acids is 1. The normalized spacial score (nSPS) is 18.8. The molecule has 9 nitrogen and oxygen atoms in total. The van der Waals surface area contributed by atoms with E-state index in [1.807, 2.05) is 16.7 Å². The molecule has 2 aliphatic heterocycles. The first-order chi connectivity index (χ1) is 12.3. The van der Waals surface area contributed by atoms with E-state index >= 15 is 0 Å². The van der Waals surface area contributed by atoms with Crippen LogP contribution in [0.15, 0.2) is 4.63 Å². The third kappa shape index (κ3) is 3.63. The molecular weight excluding hydrogens is 342 g/mol. The fourth-order valence-corrected chi connectivity index (χ4v) is 4.05. The standard InChI is InChI=1S/C15H21N7O2S/c23-11-3-1-2-5-21(11)6-4-16-14-15(22-7-9-25-10-8-22)18-13-12(17-14)19-24-20-13/h1-10H2,(H,16,17,19). The van der Waals surface area contributed by atoms with Crippen molar-refractivity contribution in [3.05, 3.63) is 0 Å². The minimum atomic E-state index is 0.239. The van der Waals surface area contributed by atoms with E-state index in [0.717, 1.165) is 49.8 Å². The SMILES string of the molecule is O=C1CCCCN1CCNc1nc2nonc2nc1N1CCSCC1. The number of aromatic nitrogens is 4. The Morgan fingerprint density at radius 1 is 1.08 bits per heavy atom. The number of amides is 1. The van der Waals surface area contributed by atoms with Crippen LogP contribution in [0.2, 0.25) is 0 Å². The van der Waals surface area contributed by atoms with Crippen molar-refractivity contribution in [3.8, 4) is 0 Å². The summed E-state index contributed by atoms with van der Waals surface area (Å²) in [4.78, 5) is 25.2. The molecule has 4 heterocycles. The Kier molecular flexibility index (Phi) is 4.86. The van der Waals surface area contributed by atoms with Crippen LogP contribution in [-0.2, 0) is 4.79 Å². The highest BCUT2D eigenvalue weighted by molar-refractivity contribution is 7.99. The van der Waals surface area contributed by atoms with E-state index in [2.05, 4.69) is 30.5 Å². The average Bonchev–Trinajstić information content (AvgIpc) is 3.11. The lowest BCUT2D eigenvalue weighted by Gasteiger charge is -2.29. The van der Waals surface area contributed by atoms with Crippen LogP contribution in [0.3, 0.4) is 0 Å². The first-order valence-corrected chi connectivity index (χ1v) is 9.81. The number of likely N-dealkylation sites (tertiary alicyclic amines) is 1. The fourth-order valence-electron chi connectivity index (χ4n) is 3.15. The number of fused-ring (bicyclic) bond motifs is 1. The number of rotatable bonds is 5. The third-order valence-electron chi connectivity index (χ3n) is 4.50. The second kappa shape index (κ2) is 7.42. The quantitative estimate of drug-likeness (QED) is 0.833. The zero-order valence-corrected chi connectivity index (χ0v) is 14.8. The van der Waals surface area contributed by atoms with E-state index in [4.69, 9.17) is 4.63 Å². The van der Waals surface area contributed by atoms with Crippen LogP contribution in [0.5, 0.6) is 0 Å². The van der Waals surface area contributed by atoms with Crippen molar-refractivity contribution in [3.63, 3.8) is 0 Å². The number of nitrogens with zero attached hydrogens (tertiary/aromatic N) is 6. The van der Waals surface area contributed by atoms with E-state index in [1.165, 1.54) is 0 Å². The largest absolute Gasteiger partial charge is 0.365 e. The number of anilines is 2. The Morgan fingerprint density at radius 3 is 2.68 bits per heavy atom. The molecule has 0 aromatic carbocycles. The van der Waals surface area contributed by atoms with E-state index in [1.54, 1.807) is 0 Å². The molecule has 2 aromatic rings. The van der Waals surface area contributed by atoms with Gasteiger partial charge < -0.3 is 15.1 Å².